The number of nitrogens with zero attached hydrogens (tertiary/aromatic N) is 7. The van der Waals surface area contributed by atoms with Crippen molar-refractivity contribution in [3.05, 3.63) is 56.5 Å². The molecule has 2 aliphatic carbocycles. The monoisotopic (exact) mass is 570 g/mol. The molecule has 4 heterocycles. The molecule has 1 aromatic carbocycles. The number of nitro benzene ring substituents is 1. The van der Waals surface area contributed by atoms with Crippen LogP contribution in [0.25, 0.3) is 22.6 Å². The number of nitro groups is 1. The minimum Gasteiger partial charge on any atom is -0.359 e. The van der Waals surface area contributed by atoms with Crippen molar-refractivity contribution >= 4 is 28.5 Å². The molecule has 1 fully saturated rings. The van der Waals surface area contributed by atoms with Crippen molar-refractivity contribution in [2.45, 2.75) is 80.8 Å². The number of hydrogen-bond donors (Lipinski definition) is 1. The molecule has 1 unspecified atom stereocenters. The first-order valence-electron chi connectivity index (χ1n) is 14.2. The van der Waals surface area contributed by atoms with Crippen LogP contribution in [0.2, 0.25) is 0 Å². The molecule has 3 atom stereocenters. The van der Waals surface area contributed by atoms with Crippen LogP contribution in [0.5, 0.6) is 0 Å². The Morgan fingerprint density at radius 1 is 1.27 bits per heavy atom. The van der Waals surface area contributed by atoms with Gasteiger partial charge in [-0.3, -0.25) is 10.1 Å². The summed E-state index contributed by atoms with van der Waals surface area (Å²) in [7, 11) is 0. The van der Waals surface area contributed by atoms with E-state index in [1.54, 1.807) is 11.8 Å². The van der Waals surface area contributed by atoms with Gasteiger partial charge in [-0.2, -0.15) is 10.4 Å². The van der Waals surface area contributed by atoms with E-state index in [4.69, 9.17) is 19.6 Å². The fraction of sp³-hybridized carbons (Fsp3) is 0.483. The van der Waals surface area contributed by atoms with Crippen LogP contribution in [-0.2, 0) is 18.3 Å². The highest BCUT2D eigenvalue weighted by Crippen LogP contribution is 2.53. The van der Waals surface area contributed by atoms with Crippen molar-refractivity contribution in [2.75, 3.05) is 12.8 Å². The topological polar surface area (TPSA) is 149 Å². The van der Waals surface area contributed by atoms with Gasteiger partial charge in [0.1, 0.15) is 16.7 Å². The Morgan fingerprint density at radius 2 is 2.10 bits per heavy atom. The number of fused-ring (bicyclic) bond motifs is 5. The lowest BCUT2D eigenvalue weighted by molar-refractivity contribution is -0.385. The minimum atomic E-state index is -0.639. The summed E-state index contributed by atoms with van der Waals surface area (Å²) in [5, 5.41) is 36.6. The number of rotatable bonds is 5. The van der Waals surface area contributed by atoms with Gasteiger partial charge in [0.05, 0.1) is 28.0 Å². The zero-order chi connectivity index (χ0) is 28.3. The number of thioether (sulfide) groups is 1. The summed E-state index contributed by atoms with van der Waals surface area (Å²) in [5.41, 5.74) is 3.37. The quantitative estimate of drug-likeness (QED) is 0.146. The van der Waals surface area contributed by atoms with Crippen molar-refractivity contribution in [1.82, 2.24) is 30.2 Å². The Bertz CT molecular complexity index is 1730. The van der Waals surface area contributed by atoms with Crippen molar-refractivity contribution < 1.29 is 9.45 Å². The number of benzene rings is 1. The summed E-state index contributed by atoms with van der Waals surface area (Å²) in [6.07, 6.45) is 10.8. The molecule has 4 aromatic rings. The normalized spacial score (nSPS) is 22.4. The first-order valence-corrected chi connectivity index (χ1v) is 15.4. The molecule has 3 aliphatic rings. The highest BCUT2D eigenvalue weighted by atomic mass is 32.2. The molecule has 0 bridgehead atoms. The molecular weight excluding hydrogens is 540 g/mol. The third-order valence-corrected chi connectivity index (χ3v) is 9.95. The molecule has 3 aromatic heterocycles. The molecule has 1 aliphatic heterocycles. The van der Waals surface area contributed by atoms with E-state index in [1.165, 1.54) is 6.07 Å². The fourth-order valence-electron chi connectivity index (χ4n) is 7.36. The van der Waals surface area contributed by atoms with Crippen molar-refractivity contribution in [3.63, 3.8) is 0 Å². The van der Waals surface area contributed by atoms with E-state index in [0.29, 0.717) is 23.3 Å². The molecule has 0 saturated carbocycles. The maximum absolute atomic E-state index is 11.9. The second kappa shape index (κ2) is 9.92. The van der Waals surface area contributed by atoms with Crippen LogP contribution in [-0.4, -0.2) is 48.7 Å². The van der Waals surface area contributed by atoms with Gasteiger partial charge >= 0.3 is 0 Å². The first-order chi connectivity index (χ1) is 20.0. The van der Waals surface area contributed by atoms with Crippen LogP contribution in [0.15, 0.2) is 27.9 Å². The maximum Gasteiger partial charge on any atom is 0.287 e. The Hall–Kier alpha value is -3.82. The SMILES string of the molecule is CSc1nc(-c2noc3c2CCCC32CCCc3ccc([N+](=O)[O-])c(C#N)c32)nc2c1cnn2[C@@H](C)[C@@H]1CCCN1. The molecule has 210 valence electrons. The Morgan fingerprint density at radius 3 is 2.83 bits per heavy atom. The van der Waals surface area contributed by atoms with Gasteiger partial charge in [-0.1, -0.05) is 11.2 Å². The summed E-state index contributed by atoms with van der Waals surface area (Å²) < 4.78 is 8.16. The Balaban J connectivity index is 1.39. The fourth-order valence-corrected chi connectivity index (χ4v) is 7.91. The molecule has 1 spiro atoms. The zero-order valence-corrected chi connectivity index (χ0v) is 23.8. The van der Waals surface area contributed by atoms with E-state index in [1.807, 2.05) is 23.2 Å². The second-order valence-electron chi connectivity index (χ2n) is 11.3. The van der Waals surface area contributed by atoms with Crippen molar-refractivity contribution in [3.8, 4) is 17.6 Å². The summed E-state index contributed by atoms with van der Waals surface area (Å²) >= 11 is 1.55. The standard InChI is InChI=1S/C29H30N8O3S/c1-16(21-8-5-13-31-21)36-27-20(15-32-36)28(41-2)34-26(33-27)24-18-7-4-12-29(25(18)40-35-24)11-3-6-17-9-10-22(37(38)39)19(14-30)23(17)29/h9-10,15-16,21,31H,3-8,11-13H2,1-2H3/t16-,21-,29?/m0/s1. The van der Waals surface area contributed by atoms with Gasteiger partial charge in [0.25, 0.3) is 5.69 Å². The van der Waals surface area contributed by atoms with Gasteiger partial charge in [0.2, 0.25) is 0 Å². The maximum atomic E-state index is 11.9. The smallest absolute Gasteiger partial charge is 0.287 e. The van der Waals surface area contributed by atoms with E-state index < -0.39 is 10.3 Å². The molecule has 41 heavy (non-hydrogen) atoms. The van der Waals surface area contributed by atoms with Crippen LogP contribution in [0.1, 0.15) is 79.5 Å². The van der Waals surface area contributed by atoms with Gasteiger partial charge in [-0.15, -0.1) is 11.8 Å². The Labute approximate surface area is 240 Å². The summed E-state index contributed by atoms with van der Waals surface area (Å²) in [6.45, 7) is 3.18. The van der Waals surface area contributed by atoms with Gasteiger partial charge in [0.15, 0.2) is 22.9 Å². The molecule has 0 amide bonds. The third-order valence-electron chi connectivity index (χ3n) is 9.25. The molecule has 0 radical (unpaired) electrons. The minimum absolute atomic E-state index is 0.126. The molecular formula is C29H30N8O3S. The highest BCUT2D eigenvalue weighted by Gasteiger charge is 2.48. The lowest BCUT2D eigenvalue weighted by Gasteiger charge is -2.40. The van der Waals surface area contributed by atoms with Crippen LogP contribution in [0.4, 0.5) is 5.69 Å². The van der Waals surface area contributed by atoms with Crippen molar-refractivity contribution in [1.29, 1.82) is 5.26 Å². The van der Waals surface area contributed by atoms with Crippen LogP contribution in [0, 0.1) is 21.4 Å². The van der Waals surface area contributed by atoms with Gasteiger partial charge in [0, 0.05) is 17.7 Å². The number of aromatic nitrogens is 5. The lowest BCUT2D eigenvalue weighted by atomic mass is 9.61. The van der Waals surface area contributed by atoms with Crippen molar-refractivity contribution in [2.24, 2.45) is 0 Å². The zero-order valence-electron chi connectivity index (χ0n) is 23.0. The summed E-state index contributed by atoms with van der Waals surface area (Å²) in [6, 6.07) is 5.90. The van der Waals surface area contributed by atoms with Gasteiger partial charge < -0.3 is 9.84 Å². The number of hydrogen-bond acceptors (Lipinski definition) is 10. The average molecular weight is 571 g/mol. The Kier molecular flexibility index (Phi) is 6.32. The first kappa shape index (κ1) is 26.1. The average Bonchev–Trinajstić information content (AvgIpc) is 3.76. The van der Waals surface area contributed by atoms with E-state index in [9.17, 15) is 15.4 Å². The number of nitriles is 1. The summed E-state index contributed by atoms with van der Waals surface area (Å²) in [5.74, 6) is 1.19. The molecule has 11 nitrogen and oxygen atoms in total. The number of aryl methyl sites for hydroxylation is 1. The largest absolute Gasteiger partial charge is 0.359 e. The van der Waals surface area contributed by atoms with Gasteiger partial charge in [-0.05, 0) is 82.2 Å². The number of nitrogens with one attached hydrogen (secondary N) is 1. The van der Waals surface area contributed by atoms with Crippen LogP contribution in [0.3, 0.4) is 0 Å². The van der Waals surface area contributed by atoms with E-state index >= 15 is 0 Å². The molecule has 12 heteroatoms. The summed E-state index contributed by atoms with van der Waals surface area (Å²) in [4.78, 5) is 21.3. The molecule has 1 N–H and O–H groups in total. The second-order valence-corrected chi connectivity index (χ2v) is 12.1. The van der Waals surface area contributed by atoms with E-state index in [0.717, 1.165) is 90.7 Å². The lowest BCUT2D eigenvalue weighted by Crippen LogP contribution is -2.36. The predicted molar refractivity (Wildman–Crippen MR) is 153 cm³/mol. The van der Waals surface area contributed by atoms with Crippen LogP contribution < -0.4 is 5.32 Å². The highest BCUT2D eigenvalue weighted by molar-refractivity contribution is 7.98. The predicted octanol–water partition coefficient (Wildman–Crippen LogP) is 5.25. The third kappa shape index (κ3) is 3.89. The molecule has 1 saturated heterocycles. The van der Waals surface area contributed by atoms with E-state index in [-0.39, 0.29) is 17.3 Å². The van der Waals surface area contributed by atoms with Crippen LogP contribution >= 0.6 is 11.8 Å². The molecule has 7 rings (SSSR count). The van der Waals surface area contributed by atoms with Gasteiger partial charge in [-0.25, -0.2) is 14.6 Å². The van der Waals surface area contributed by atoms with E-state index in [2.05, 4.69) is 23.5 Å².